The van der Waals surface area contributed by atoms with Gasteiger partial charge in [0.2, 0.25) is 5.91 Å². The number of carbonyl (C=O) groups is 2. The van der Waals surface area contributed by atoms with Gasteiger partial charge in [-0.1, -0.05) is 24.3 Å². The van der Waals surface area contributed by atoms with Gasteiger partial charge in [-0.25, -0.2) is 14.6 Å². The molecule has 0 aliphatic heterocycles. The van der Waals surface area contributed by atoms with Crippen molar-refractivity contribution < 1.29 is 24.2 Å². The van der Waals surface area contributed by atoms with Gasteiger partial charge in [-0.05, 0) is 54.7 Å². The zero-order valence-corrected chi connectivity index (χ0v) is 15.8. The highest BCUT2D eigenvalue weighted by Crippen LogP contribution is 2.09. The van der Waals surface area contributed by atoms with Crippen molar-refractivity contribution in [3.05, 3.63) is 71.0 Å². The number of hydrogen-bond donors (Lipinski definition) is 3. The molecule has 6 nitrogen and oxygen atoms in total. The predicted molar refractivity (Wildman–Crippen MR) is 103 cm³/mol. The Labute approximate surface area is 163 Å². The quantitative estimate of drug-likeness (QED) is 0.544. The minimum absolute atomic E-state index is 0.157. The molecule has 0 radical (unpaired) electrons. The molecule has 0 aliphatic rings. The Morgan fingerprint density at radius 2 is 1.68 bits per heavy atom. The molecule has 1 amide bonds. The number of amides is 1. The molecule has 7 heteroatoms. The molecule has 0 bridgehead atoms. The van der Waals surface area contributed by atoms with Crippen LogP contribution in [-0.2, 0) is 17.6 Å². The van der Waals surface area contributed by atoms with E-state index in [9.17, 15) is 19.1 Å². The highest BCUT2D eigenvalue weighted by molar-refractivity contribution is 5.87. The van der Waals surface area contributed by atoms with Crippen LogP contribution in [0.25, 0.3) is 0 Å². The zero-order valence-electron chi connectivity index (χ0n) is 15.8. The van der Waals surface area contributed by atoms with E-state index in [-0.39, 0.29) is 17.3 Å². The summed E-state index contributed by atoms with van der Waals surface area (Å²) in [5.41, 5.74) is 5.06. The maximum atomic E-state index is 12.9. The number of aliphatic hydroxyl groups is 1. The van der Waals surface area contributed by atoms with Crippen LogP contribution >= 0.6 is 0 Å². The second-order valence-corrected chi connectivity index (χ2v) is 6.60. The van der Waals surface area contributed by atoms with E-state index in [4.69, 9.17) is 5.11 Å². The van der Waals surface area contributed by atoms with E-state index in [1.54, 1.807) is 36.4 Å². The number of hydrogen-bond acceptors (Lipinski definition) is 4. The first-order valence-electron chi connectivity index (χ1n) is 9.11. The molecule has 28 heavy (non-hydrogen) atoms. The van der Waals surface area contributed by atoms with Crippen molar-refractivity contribution in [1.82, 2.24) is 10.4 Å². The summed E-state index contributed by atoms with van der Waals surface area (Å²) >= 11 is 0. The maximum Gasteiger partial charge on any atom is 0.335 e. The standard InChI is InChI=1S/C21H25FN2O4/c1-15(25)24(13-11-20(26)14-17-4-8-19(22)9-5-17)23-12-10-16-2-6-18(7-3-16)21(27)28/h2-9,20,23,26H,10-14H2,1H3,(H,27,28). The lowest BCUT2D eigenvalue weighted by molar-refractivity contribution is -0.132. The summed E-state index contributed by atoms with van der Waals surface area (Å²) < 4.78 is 12.9. The minimum Gasteiger partial charge on any atom is -0.478 e. The number of nitrogens with one attached hydrogen (secondary N) is 1. The minimum atomic E-state index is -0.966. The van der Waals surface area contributed by atoms with E-state index in [0.717, 1.165) is 11.1 Å². The van der Waals surface area contributed by atoms with Crippen LogP contribution in [0.3, 0.4) is 0 Å². The van der Waals surface area contributed by atoms with Gasteiger partial charge in [0.05, 0.1) is 11.7 Å². The van der Waals surface area contributed by atoms with E-state index in [2.05, 4.69) is 5.43 Å². The van der Waals surface area contributed by atoms with Crippen LogP contribution in [0.5, 0.6) is 0 Å². The summed E-state index contributed by atoms with van der Waals surface area (Å²) in [5.74, 6) is -1.44. The van der Waals surface area contributed by atoms with Crippen molar-refractivity contribution in [1.29, 1.82) is 0 Å². The molecule has 0 aromatic heterocycles. The molecule has 2 aromatic carbocycles. The third-order valence-electron chi connectivity index (χ3n) is 4.37. The molecule has 0 saturated heterocycles. The van der Waals surface area contributed by atoms with E-state index >= 15 is 0 Å². The molecule has 2 rings (SSSR count). The first-order valence-corrected chi connectivity index (χ1v) is 9.11. The second-order valence-electron chi connectivity index (χ2n) is 6.60. The molecule has 0 aliphatic carbocycles. The summed E-state index contributed by atoms with van der Waals surface area (Å²) in [5, 5.41) is 20.5. The number of nitrogens with zero attached hydrogens (tertiary/aromatic N) is 1. The van der Waals surface area contributed by atoms with Crippen LogP contribution in [-0.4, -0.2) is 46.3 Å². The number of carbonyl (C=O) groups excluding carboxylic acids is 1. The van der Waals surface area contributed by atoms with Crippen molar-refractivity contribution in [3.63, 3.8) is 0 Å². The van der Waals surface area contributed by atoms with E-state index in [1.807, 2.05) is 0 Å². The second kappa shape index (κ2) is 10.5. The summed E-state index contributed by atoms with van der Waals surface area (Å²) in [7, 11) is 0. The van der Waals surface area contributed by atoms with Gasteiger partial charge < -0.3 is 10.2 Å². The van der Waals surface area contributed by atoms with Crippen LogP contribution in [0.2, 0.25) is 0 Å². The Hall–Kier alpha value is -2.77. The van der Waals surface area contributed by atoms with Crippen molar-refractivity contribution in [3.8, 4) is 0 Å². The molecule has 2 aromatic rings. The van der Waals surface area contributed by atoms with Gasteiger partial charge >= 0.3 is 5.97 Å². The highest BCUT2D eigenvalue weighted by Gasteiger charge is 2.12. The monoisotopic (exact) mass is 388 g/mol. The van der Waals surface area contributed by atoms with Gasteiger partial charge in [-0.3, -0.25) is 9.80 Å². The third kappa shape index (κ3) is 7.09. The van der Waals surface area contributed by atoms with Crippen LogP contribution in [0, 0.1) is 5.82 Å². The van der Waals surface area contributed by atoms with Crippen LogP contribution < -0.4 is 5.43 Å². The molecule has 0 spiro atoms. The average molecular weight is 388 g/mol. The van der Waals surface area contributed by atoms with Crippen molar-refractivity contribution in [2.75, 3.05) is 13.1 Å². The number of halogens is 1. The number of carboxylic acids is 1. The normalized spacial score (nSPS) is 11.8. The topological polar surface area (TPSA) is 89.9 Å². The zero-order chi connectivity index (χ0) is 20.5. The molecular weight excluding hydrogens is 363 g/mol. The molecule has 0 heterocycles. The lowest BCUT2D eigenvalue weighted by Crippen LogP contribution is -2.44. The van der Waals surface area contributed by atoms with Crippen LogP contribution in [0.15, 0.2) is 48.5 Å². The predicted octanol–water partition coefficient (Wildman–Crippen LogP) is 2.41. The fraction of sp³-hybridized carbons (Fsp3) is 0.333. The summed E-state index contributed by atoms with van der Waals surface area (Å²) in [6.45, 7) is 2.29. The molecule has 0 fully saturated rings. The number of aliphatic hydroxyl groups excluding tert-OH is 1. The largest absolute Gasteiger partial charge is 0.478 e. The molecule has 150 valence electrons. The molecule has 1 atom stereocenters. The van der Waals surface area contributed by atoms with Gasteiger partial charge in [-0.2, -0.15) is 0 Å². The van der Waals surface area contributed by atoms with Crippen molar-refractivity contribution >= 4 is 11.9 Å². The van der Waals surface area contributed by atoms with Crippen molar-refractivity contribution in [2.45, 2.75) is 32.3 Å². The summed E-state index contributed by atoms with van der Waals surface area (Å²) in [6.07, 6.45) is 0.763. The number of rotatable bonds is 10. The van der Waals surface area contributed by atoms with Gasteiger partial charge in [-0.15, -0.1) is 0 Å². The van der Waals surface area contributed by atoms with Gasteiger partial charge in [0.1, 0.15) is 5.82 Å². The Morgan fingerprint density at radius 1 is 1.07 bits per heavy atom. The Balaban J connectivity index is 1.76. The highest BCUT2D eigenvalue weighted by atomic mass is 19.1. The number of benzene rings is 2. The third-order valence-corrected chi connectivity index (χ3v) is 4.37. The van der Waals surface area contributed by atoms with E-state index < -0.39 is 12.1 Å². The first-order chi connectivity index (χ1) is 13.3. The molecule has 0 saturated carbocycles. The summed E-state index contributed by atoms with van der Waals surface area (Å²) in [6, 6.07) is 12.6. The van der Waals surface area contributed by atoms with Gasteiger partial charge in [0.25, 0.3) is 0 Å². The van der Waals surface area contributed by atoms with Gasteiger partial charge in [0, 0.05) is 20.0 Å². The molecular formula is C21H25FN2O4. The Morgan fingerprint density at radius 3 is 2.25 bits per heavy atom. The fourth-order valence-electron chi connectivity index (χ4n) is 2.77. The smallest absolute Gasteiger partial charge is 0.335 e. The van der Waals surface area contributed by atoms with E-state index in [0.29, 0.717) is 32.4 Å². The number of aromatic carboxylic acids is 1. The van der Waals surface area contributed by atoms with Crippen LogP contribution in [0.4, 0.5) is 4.39 Å². The molecule has 1 unspecified atom stereocenters. The lowest BCUT2D eigenvalue weighted by Gasteiger charge is -2.23. The lowest BCUT2D eigenvalue weighted by atomic mass is 10.1. The SMILES string of the molecule is CC(=O)N(CCC(O)Cc1ccc(F)cc1)NCCc1ccc(C(=O)O)cc1. The van der Waals surface area contributed by atoms with Crippen LogP contribution in [0.1, 0.15) is 34.8 Å². The van der Waals surface area contributed by atoms with Crippen molar-refractivity contribution in [2.24, 2.45) is 0 Å². The Bertz CT molecular complexity index is 778. The number of hydrazine groups is 1. The first kappa shape index (κ1) is 21.5. The molecule has 3 N–H and O–H groups in total. The maximum absolute atomic E-state index is 12.9. The fourth-order valence-corrected chi connectivity index (χ4v) is 2.77. The number of carboxylic acid groups (broad SMARTS) is 1. The summed E-state index contributed by atoms with van der Waals surface area (Å²) in [4.78, 5) is 22.6. The Kier molecular flexibility index (Phi) is 8.10. The van der Waals surface area contributed by atoms with E-state index in [1.165, 1.54) is 24.1 Å². The average Bonchev–Trinajstić information content (AvgIpc) is 2.66. The van der Waals surface area contributed by atoms with Gasteiger partial charge in [0.15, 0.2) is 0 Å².